The minimum Gasteiger partial charge on any atom is -0.384 e. The predicted octanol–water partition coefficient (Wildman–Crippen LogP) is 4.06. The number of dihydropyridines is 1. The topological polar surface area (TPSA) is 97.5 Å². The third-order valence-electron chi connectivity index (χ3n) is 7.33. The van der Waals surface area contributed by atoms with Crippen LogP contribution in [0.25, 0.3) is 0 Å². The van der Waals surface area contributed by atoms with Crippen LogP contribution in [0.2, 0.25) is 0 Å². The van der Waals surface area contributed by atoms with Crippen LogP contribution >= 0.6 is 0 Å². The van der Waals surface area contributed by atoms with Crippen LogP contribution in [0.3, 0.4) is 0 Å². The van der Waals surface area contributed by atoms with Crippen molar-refractivity contribution in [3.05, 3.63) is 54.3 Å². The lowest BCUT2D eigenvalue weighted by molar-refractivity contribution is 0.0892. The maximum absolute atomic E-state index is 13.6. The number of urea groups is 1. The van der Waals surface area contributed by atoms with Gasteiger partial charge in [-0.2, -0.15) is 0 Å². The molecule has 7 nitrogen and oxygen atoms in total. The molecule has 33 heavy (non-hydrogen) atoms. The van der Waals surface area contributed by atoms with Gasteiger partial charge in [0.25, 0.3) is 0 Å². The molecule has 178 valence electrons. The standard InChI is InChI=1S/C26H38N6O/c1-26(15-6-7-16-29-26)31-17-13-21(14-18-31)30-25(33)32(22-10-4-2-3-5-11-22)23-12-8-9-20(19-23)24(27)28/h6-9,12,15-16,19,21-22,29H,2-5,10-11,13-14,17-18H2,1H3,(H3,27,28)(H,30,33). The first kappa shape index (κ1) is 23.4. The van der Waals surface area contributed by atoms with Gasteiger partial charge in [-0.1, -0.05) is 43.9 Å². The number of carbonyl (C=O) groups excluding carboxylic acids is 1. The Bertz CT molecular complexity index is 896. The summed E-state index contributed by atoms with van der Waals surface area (Å²) in [5, 5.41) is 14.6. The first-order valence-corrected chi connectivity index (χ1v) is 12.4. The van der Waals surface area contributed by atoms with Gasteiger partial charge in [0.05, 0.1) is 0 Å². The Hall–Kier alpha value is -2.80. The maximum atomic E-state index is 13.6. The number of nitrogens with one attached hydrogen (secondary N) is 3. The molecule has 1 saturated heterocycles. The van der Waals surface area contributed by atoms with E-state index in [4.69, 9.17) is 11.1 Å². The lowest BCUT2D eigenvalue weighted by Crippen LogP contribution is -2.59. The Balaban J connectivity index is 1.45. The van der Waals surface area contributed by atoms with Crippen molar-refractivity contribution >= 4 is 17.6 Å². The Kier molecular flexibility index (Phi) is 7.38. The lowest BCUT2D eigenvalue weighted by atomic mass is 9.99. The van der Waals surface area contributed by atoms with Crippen molar-refractivity contribution in [3.63, 3.8) is 0 Å². The zero-order valence-corrected chi connectivity index (χ0v) is 19.7. The summed E-state index contributed by atoms with van der Waals surface area (Å²) in [6.45, 7) is 4.05. The molecule has 1 aromatic rings. The van der Waals surface area contributed by atoms with Crippen LogP contribution in [0.15, 0.2) is 48.7 Å². The van der Waals surface area contributed by atoms with Crippen molar-refractivity contribution < 1.29 is 4.79 Å². The first-order chi connectivity index (χ1) is 16.0. The van der Waals surface area contributed by atoms with E-state index in [1.165, 1.54) is 12.8 Å². The third-order valence-corrected chi connectivity index (χ3v) is 7.33. The first-order valence-electron chi connectivity index (χ1n) is 12.4. The highest BCUT2D eigenvalue weighted by atomic mass is 16.2. The fraction of sp³-hybridized carbons (Fsp3) is 0.538. The molecule has 1 aliphatic carbocycles. The van der Waals surface area contributed by atoms with Gasteiger partial charge < -0.3 is 16.4 Å². The SMILES string of the molecule is CC1(N2CCC(NC(=O)N(c3cccc(C(=N)N)c3)C3CCCCCC3)CC2)C=CC=CN1. The van der Waals surface area contributed by atoms with Crippen LogP contribution in [0.1, 0.15) is 63.9 Å². The van der Waals surface area contributed by atoms with Crippen LogP contribution in [0.5, 0.6) is 0 Å². The van der Waals surface area contributed by atoms with Gasteiger partial charge in [-0.05, 0) is 63.1 Å². The van der Waals surface area contributed by atoms with E-state index in [-0.39, 0.29) is 29.6 Å². The van der Waals surface area contributed by atoms with E-state index in [1.54, 1.807) is 0 Å². The maximum Gasteiger partial charge on any atom is 0.322 e. The number of amides is 2. The Morgan fingerprint density at radius 3 is 2.52 bits per heavy atom. The highest BCUT2D eigenvalue weighted by Crippen LogP contribution is 2.28. The van der Waals surface area contributed by atoms with Gasteiger partial charge in [0.2, 0.25) is 0 Å². The van der Waals surface area contributed by atoms with Crippen LogP contribution in [0.4, 0.5) is 10.5 Å². The second-order valence-electron chi connectivity index (χ2n) is 9.70. The molecule has 0 radical (unpaired) electrons. The fourth-order valence-electron chi connectivity index (χ4n) is 5.33. The second kappa shape index (κ2) is 10.4. The molecule has 4 rings (SSSR count). The van der Waals surface area contributed by atoms with Crippen molar-refractivity contribution in [2.45, 2.75) is 76.0 Å². The molecule has 1 unspecified atom stereocenters. The van der Waals surface area contributed by atoms with E-state index < -0.39 is 0 Å². The minimum atomic E-state index is -0.163. The number of amidine groups is 1. The van der Waals surface area contributed by atoms with Gasteiger partial charge >= 0.3 is 6.03 Å². The Morgan fingerprint density at radius 2 is 1.88 bits per heavy atom. The van der Waals surface area contributed by atoms with Gasteiger partial charge in [-0.25, -0.2) is 4.79 Å². The van der Waals surface area contributed by atoms with Crippen molar-refractivity contribution in [1.29, 1.82) is 5.41 Å². The zero-order chi connectivity index (χ0) is 23.3. The third kappa shape index (κ3) is 5.58. The largest absolute Gasteiger partial charge is 0.384 e. The second-order valence-corrected chi connectivity index (χ2v) is 9.70. The molecule has 0 spiro atoms. The van der Waals surface area contributed by atoms with E-state index in [0.29, 0.717) is 5.56 Å². The van der Waals surface area contributed by atoms with Crippen LogP contribution < -0.4 is 21.3 Å². The summed E-state index contributed by atoms with van der Waals surface area (Å²) in [5.41, 5.74) is 7.07. The van der Waals surface area contributed by atoms with Crippen LogP contribution in [0, 0.1) is 5.41 Å². The van der Waals surface area contributed by atoms with E-state index in [2.05, 4.69) is 34.6 Å². The highest BCUT2D eigenvalue weighted by Gasteiger charge is 2.34. The summed E-state index contributed by atoms with van der Waals surface area (Å²) < 4.78 is 0. The number of allylic oxidation sites excluding steroid dienone is 2. The number of hydrogen-bond acceptors (Lipinski definition) is 4. The molecule has 5 N–H and O–H groups in total. The number of piperidine rings is 1. The molecule has 1 aromatic carbocycles. The van der Waals surface area contributed by atoms with E-state index in [1.807, 2.05) is 41.4 Å². The fourth-order valence-corrected chi connectivity index (χ4v) is 5.33. The van der Waals surface area contributed by atoms with E-state index >= 15 is 0 Å². The van der Waals surface area contributed by atoms with Crippen molar-refractivity contribution in [3.8, 4) is 0 Å². The molecule has 0 aromatic heterocycles. The summed E-state index contributed by atoms with van der Waals surface area (Å²) in [4.78, 5) is 18.0. The van der Waals surface area contributed by atoms with E-state index in [0.717, 1.165) is 57.3 Å². The van der Waals surface area contributed by atoms with Crippen molar-refractivity contribution in [2.24, 2.45) is 5.73 Å². The van der Waals surface area contributed by atoms with Crippen molar-refractivity contribution in [2.75, 3.05) is 18.0 Å². The molecule has 2 heterocycles. The minimum absolute atomic E-state index is 0.0223. The lowest BCUT2D eigenvalue weighted by Gasteiger charge is -2.44. The van der Waals surface area contributed by atoms with Gasteiger partial charge in [-0.15, -0.1) is 0 Å². The number of nitrogens with zero attached hydrogens (tertiary/aromatic N) is 2. The van der Waals surface area contributed by atoms with Crippen molar-refractivity contribution in [1.82, 2.24) is 15.5 Å². The van der Waals surface area contributed by atoms with Gasteiger partial charge in [0.15, 0.2) is 0 Å². The van der Waals surface area contributed by atoms with Gasteiger partial charge in [0.1, 0.15) is 11.5 Å². The molecule has 1 saturated carbocycles. The summed E-state index contributed by atoms with van der Waals surface area (Å²) in [6.07, 6.45) is 16.9. The predicted molar refractivity (Wildman–Crippen MR) is 134 cm³/mol. The molecule has 2 aliphatic heterocycles. The number of rotatable bonds is 5. The Morgan fingerprint density at radius 1 is 1.15 bits per heavy atom. The monoisotopic (exact) mass is 450 g/mol. The van der Waals surface area contributed by atoms with Gasteiger partial charge in [0, 0.05) is 36.4 Å². The van der Waals surface area contributed by atoms with Crippen LogP contribution in [-0.2, 0) is 0 Å². The Labute approximate surface area is 197 Å². The summed E-state index contributed by atoms with van der Waals surface area (Å²) in [5.74, 6) is 0.0270. The number of carbonyl (C=O) groups is 1. The smallest absolute Gasteiger partial charge is 0.322 e. The quantitative estimate of drug-likeness (QED) is 0.309. The molecule has 0 bridgehead atoms. The number of likely N-dealkylation sites (tertiary alicyclic amines) is 1. The number of benzene rings is 1. The number of hydrogen-bond donors (Lipinski definition) is 4. The number of nitrogens with two attached hydrogens (primary N) is 1. The molecule has 3 aliphatic rings. The number of anilines is 1. The molecular weight excluding hydrogens is 412 g/mol. The molecule has 1 atom stereocenters. The average Bonchev–Trinajstić information content (AvgIpc) is 3.10. The summed E-state index contributed by atoms with van der Waals surface area (Å²) in [7, 11) is 0. The molecule has 7 heteroatoms. The molecule has 2 amide bonds. The molecular formula is C26H38N6O. The number of nitrogen functional groups attached to an aromatic ring is 1. The normalized spacial score (nSPS) is 24.6. The zero-order valence-electron chi connectivity index (χ0n) is 19.7. The van der Waals surface area contributed by atoms with Gasteiger partial charge in [-0.3, -0.25) is 15.2 Å². The average molecular weight is 451 g/mol. The molecule has 2 fully saturated rings. The van der Waals surface area contributed by atoms with E-state index in [9.17, 15) is 4.79 Å². The van der Waals surface area contributed by atoms with Crippen LogP contribution in [-0.4, -0.2) is 47.6 Å². The summed E-state index contributed by atoms with van der Waals surface area (Å²) >= 11 is 0. The highest BCUT2D eigenvalue weighted by molar-refractivity contribution is 5.98. The summed E-state index contributed by atoms with van der Waals surface area (Å²) in [6, 6.07) is 7.88.